The van der Waals surface area contributed by atoms with Crippen LogP contribution in [0.3, 0.4) is 0 Å². The van der Waals surface area contributed by atoms with Gasteiger partial charge in [0, 0.05) is 47.7 Å². The van der Waals surface area contributed by atoms with Gasteiger partial charge in [0.1, 0.15) is 5.75 Å². The maximum Gasteiger partial charge on any atom is 0.269 e. The van der Waals surface area contributed by atoms with Gasteiger partial charge in [-0.2, -0.15) is 0 Å². The van der Waals surface area contributed by atoms with E-state index in [2.05, 4.69) is 10.3 Å². The zero-order valence-electron chi connectivity index (χ0n) is 16.3. The third-order valence-electron chi connectivity index (χ3n) is 4.55. The first-order valence-electron chi connectivity index (χ1n) is 9.56. The molecule has 0 heterocycles. The minimum atomic E-state index is -0.419. The summed E-state index contributed by atoms with van der Waals surface area (Å²) in [6.07, 6.45) is 3.14. The van der Waals surface area contributed by atoms with E-state index in [4.69, 9.17) is 11.6 Å². The number of benzene rings is 3. The lowest BCUT2D eigenvalue weighted by atomic mass is 10.0. The molecule has 0 spiro atoms. The lowest BCUT2D eigenvalue weighted by molar-refractivity contribution is -0.384. The molecule has 0 saturated heterocycles. The number of nitrogens with zero attached hydrogens (tertiary/aromatic N) is 2. The van der Waals surface area contributed by atoms with Crippen molar-refractivity contribution in [2.75, 3.05) is 18.4 Å². The van der Waals surface area contributed by atoms with E-state index in [1.165, 1.54) is 12.1 Å². The summed E-state index contributed by atoms with van der Waals surface area (Å²) in [4.78, 5) is 14.6. The summed E-state index contributed by atoms with van der Waals surface area (Å²) in [5.41, 5.74) is 3.64. The molecule has 0 bridgehead atoms. The Morgan fingerprint density at radius 3 is 2.60 bits per heavy atom. The molecule has 7 heteroatoms. The molecule has 3 aromatic carbocycles. The van der Waals surface area contributed by atoms with Crippen molar-refractivity contribution in [3.05, 3.63) is 98.6 Å². The first kappa shape index (κ1) is 21.3. The maximum absolute atomic E-state index is 10.7. The van der Waals surface area contributed by atoms with Crippen LogP contribution < -0.4 is 5.32 Å². The number of nitro benzene ring substituents is 1. The van der Waals surface area contributed by atoms with Gasteiger partial charge in [0.15, 0.2) is 0 Å². The van der Waals surface area contributed by atoms with E-state index in [0.29, 0.717) is 25.1 Å². The van der Waals surface area contributed by atoms with E-state index >= 15 is 0 Å². The van der Waals surface area contributed by atoms with Crippen LogP contribution in [0.1, 0.15) is 23.1 Å². The van der Waals surface area contributed by atoms with Crippen LogP contribution in [0.25, 0.3) is 0 Å². The van der Waals surface area contributed by atoms with Crippen molar-refractivity contribution in [1.82, 2.24) is 0 Å². The number of rotatable bonds is 9. The molecule has 0 aliphatic carbocycles. The molecule has 0 unspecified atom stereocenters. The molecule has 154 valence electrons. The number of nitrogens with one attached hydrogen (secondary N) is 1. The third kappa shape index (κ3) is 6.06. The van der Waals surface area contributed by atoms with Crippen molar-refractivity contribution in [3.8, 4) is 5.75 Å². The summed E-state index contributed by atoms with van der Waals surface area (Å²) in [7, 11) is 0. The zero-order chi connectivity index (χ0) is 21.3. The Morgan fingerprint density at radius 2 is 1.87 bits per heavy atom. The molecule has 6 nitrogen and oxygen atoms in total. The van der Waals surface area contributed by atoms with Gasteiger partial charge in [-0.1, -0.05) is 35.9 Å². The molecule has 3 rings (SSSR count). The Morgan fingerprint density at radius 1 is 1.10 bits per heavy atom. The van der Waals surface area contributed by atoms with Crippen LogP contribution in [0, 0.1) is 10.1 Å². The predicted molar refractivity (Wildman–Crippen MR) is 121 cm³/mol. The van der Waals surface area contributed by atoms with E-state index in [0.717, 1.165) is 28.3 Å². The Labute approximate surface area is 180 Å². The topological polar surface area (TPSA) is 87.8 Å². The Bertz CT molecular complexity index is 1040. The Hall–Kier alpha value is -3.38. The van der Waals surface area contributed by atoms with Crippen LogP contribution in [0.5, 0.6) is 5.75 Å². The monoisotopic (exact) mass is 423 g/mol. The van der Waals surface area contributed by atoms with Gasteiger partial charge in [-0.15, -0.1) is 0 Å². The van der Waals surface area contributed by atoms with E-state index in [9.17, 15) is 15.2 Å². The second kappa shape index (κ2) is 10.4. The zero-order valence-corrected chi connectivity index (χ0v) is 17.0. The number of anilines is 1. The van der Waals surface area contributed by atoms with Gasteiger partial charge in [-0.25, -0.2) is 0 Å². The molecule has 0 amide bonds. The number of hydrogen-bond donors (Lipinski definition) is 2. The van der Waals surface area contributed by atoms with Crippen LogP contribution in [-0.4, -0.2) is 29.3 Å². The minimum absolute atomic E-state index is 0.0710. The number of phenols is 1. The van der Waals surface area contributed by atoms with Gasteiger partial charge in [0.2, 0.25) is 0 Å². The summed E-state index contributed by atoms with van der Waals surface area (Å²) < 4.78 is 0. The van der Waals surface area contributed by atoms with E-state index in [1.54, 1.807) is 24.4 Å². The van der Waals surface area contributed by atoms with Gasteiger partial charge in [-0.05, 0) is 54.3 Å². The largest absolute Gasteiger partial charge is 0.507 e. The van der Waals surface area contributed by atoms with Crippen molar-refractivity contribution in [2.24, 2.45) is 4.99 Å². The van der Waals surface area contributed by atoms with E-state index in [1.807, 2.05) is 36.4 Å². The Balaban J connectivity index is 1.49. The number of nitro groups is 1. The minimum Gasteiger partial charge on any atom is -0.507 e. The first-order chi connectivity index (χ1) is 14.5. The van der Waals surface area contributed by atoms with Crippen molar-refractivity contribution in [3.63, 3.8) is 0 Å². The number of phenolic OH excluding ortho intramolecular Hbond substituents is 1. The lowest BCUT2D eigenvalue weighted by Gasteiger charge is -2.07. The number of non-ortho nitro benzene ring substituents is 1. The molecule has 0 saturated carbocycles. The summed E-state index contributed by atoms with van der Waals surface area (Å²) in [6, 6.07) is 19.5. The van der Waals surface area contributed by atoms with Crippen molar-refractivity contribution < 1.29 is 10.0 Å². The van der Waals surface area contributed by atoms with Gasteiger partial charge in [-0.3, -0.25) is 15.1 Å². The van der Waals surface area contributed by atoms with Crippen LogP contribution >= 0.6 is 11.6 Å². The quantitative estimate of drug-likeness (QED) is 0.207. The number of aromatic hydroxyl groups is 1. The lowest BCUT2D eigenvalue weighted by Crippen LogP contribution is -2.03. The fourth-order valence-corrected chi connectivity index (χ4v) is 3.15. The molecule has 3 aromatic rings. The highest BCUT2D eigenvalue weighted by Crippen LogP contribution is 2.22. The van der Waals surface area contributed by atoms with Crippen LogP contribution in [0.15, 0.2) is 71.7 Å². The smallest absolute Gasteiger partial charge is 0.269 e. The second-order valence-corrected chi connectivity index (χ2v) is 7.19. The van der Waals surface area contributed by atoms with Crippen LogP contribution in [0.2, 0.25) is 5.02 Å². The second-order valence-electron chi connectivity index (χ2n) is 6.78. The average Bonchev–Trinajstić information content (AvgIpc) is 2.74. The number of aliphatic imine (C=N–C) groups is 1. The third-order valence-corrected chi connectivity index (χ3v) is 4.91. The predicted octanol–water partition coefficient (Wildman–Crippen LogP) is 5.47. The van der Waals surface area contributed by atoms with Crippen LogP contribution in [0.4, 0.5) is 11.4 Å². The summed E-state index contributed by atoms with van der Waals surface area (Å²) >= 11 is 6.23. The summed E-state index contributed by atoms with van der Waals surface area (Å²) in [6.45, 7) is 1.28. The SMILES string of the molecule is O=[N+]([O-])c1ccc(NCCCN=Cc2cc(Cc3ccccc3Cl)ccc2O)cc1. The highest BCUT2D eigenvalue weighted by Gasteiger charge is 2.05. The molecule has 0 aliphatic rings. The molecule has 0 aromatic heterocycles. The first-order valence-corrected chi connectivity index (χ1v) is 9.94. The molecule has 0 aliphatic heterocycles. The van der Waals surface area contributed by atoms with Crippen molar-refractivity contribution in [2.45, 2.75) is 12.8 Å². The fraction of sp³-hybridized carbons (Fsp3) is 0.174. The normalized spacial score (nSPS) is 11.0. The van der Waals surface area contributed by atoms with Gasteiger partial charge < -0.3 is 10.4 Å². The highest BCUT2D eigenvalue weighted by atomic mass is 35.5. The van der Waals surface area contributed by atoms with Gasteiger partial charge in [0.25, 0.3) is 5.69 Å². The highest BCUT2D eigenvalue weighted by molar-refractivity contribution is 6.31. The molecular formula is C23H22ClN3O3. The van der Waals surface area contributed by atoms with Gasteiger partial charge in [0.05, 0.1) is 4.92 Å². The average molecular weight is 424 g/mol. The molecule has 2 N–H and O–H groups in total. The van der Waals surface area contributed by atoms with Crippen LogP contribution in [-0.2, 0) is 6.42 Å². The summed E-state index contributed by atoms with van der Waals surface area (Å²) in [5, 5.41) is 24.7. The van der Waals surface area contributed by atoms with Gasteiger partial charge >= 0.3 is 0 Å². The molecule has 0 radical (unpaired) electrons. The fourth-order valence-electron chi connectivity index (χ4n) is 2.95. The van der Waals surface area contributed by atoms with Crippen molar-refractivity contribution >= 4 is 29.2 Å². The molecule has 0 fully saturated rings. The molecular weight excluding hydrogens is 402 g/mol. The number of hydrogen-bond acceptors (Lipinski definition) is 5. The standard InChI is InChI=1S/C23H22ClN3O3/c24-22-5-2-1-4-18(22)14-17-6-11-23(28)19(15-17)16-25-12-3-13-26-20-7-9-21(10-8-20)27(29)30/h1-2,4-11,15-16,26,28H,3,12-14H2. The number of halogens is 1. The van der Waals surface area contributed by atoms with Crippen molar-refractivity contribution in [1.29, 1.82) is 0 Å². The maximum atomic E-state index is 10.7. The Kier molecular flexibility index (Phi) is 7.40. The van der Waals surface area contributed by atoms with E-state index in [-0.39, 0.29) is 11.4 Å². The van der Waals surface area contributed by atoms with E-state index < -0.39 is 4.92 Å². The molecule has 30 heavy (non-hydrogen) atoms. The molecule has 0 atom stereocenters. The summed E-state index contributed by atoms with van der Waals surface area (Å²) in [5.74, 6) is 0.186.